The van der Waals surface area contributed by atoms with E-state index in [-0.39, 0.29) is 11.8 Å². The second-order valence-corrected chi connectivity index (χ2v) is 6.39. The number of hydrogen-bond acceptors (Lipinski definition) is 5. The minimum absolute atomic E-state index is 0.00481. The molecule has 24 heavy (non-hydrogen) atoms. The van der Waals surface area contributed by atoms with Gasteiger partial charge in [0.2, 0.25) is 5.91 Å². The number of amides is 1. The van der Waals surface area contributed by atoms with E-state index in [9.17, 15) is 4.79 Å². The fourth-order valence-corrected chi connectivity index (χ4v) is 3.40. The summed E-state index contributed by atoms with van der Waals surface area (Å²) in [4.78, 5) is 17.6. The quantitative estimate of drug-likeness (QED) is 0.833. The molecule has 2 aromatic heterocycles. The van der Waals surface area contributed by atoms with Gasteiger partial charge in [0.25, 0.3) is 0 Å². The number of aromatic nitrogens is 4. The molecule has 0 atom stereocenters. The lowest BCUT2D eigenvalue weighted by Gasteiger charge is -2.29. The molecule has 0 aromatic carbocycles. The third-order valence-corrected chi connectivity index (χ3v) is 4.93. The molecule has 1 fully saturated rings. The number of nitrogens with two attached hydrogens (primary N) is 1. The topological polar surface area (TPSA) is 82.0 Å². The van der Waals surface area contributed by atoms with Gasteiger partial charge in [0.05, 0.1) is 6.67 Å². The molecule has 0 unspecified atom stereocenters. The first-order valence-corrected chi connectivity index (χ1v) is 8.60. The lowest BCUT2D eigenvalue weighted by Crippen LogP contribution is -2.39. The maximum atomic E-state index is 11.3. The maximum Gasteiger partial charge on any atom is 0.220 e. The highest BCUT2D eigenvalue weighted by Gasteiger charge is 2.24. The number of piperidine rings is 1. The van der Waals surface area contributed by atoms with Crippen molar-refractivity contribution in [2.24, 2.45) is 11.7 Å². The average Bonchev–Trinajstić information content (AvgIpc) is 2.92. The van der Waals surface area contributed by atoms with Crippen LogP contribution in [0.5, 0.6) is 0 Å². The number of carbonyl (C=O) groups is 1. The van der Waals surface area contributed by atoms with Crippen LogP contribution >= 0.6 is 12.2 Å². The van der Waals surface area contributed by atoms with Gasteiger partial charge in [-0.2, -0.15) is 5.10 Å². The third-order valence-electron chi connectivity index (χ3n) is 4.50. The largest absolute Gasteiger partial charge is 0.369 e. The minimum Gasteiger partial charge on any atom is -0.369 e. The lowest BCUT2D eigenvalue weighted by molar-refractivity contribution is -0.123. The highest BCUT2D eigenvalue weighted by Crippen LogP contribution is 2.20. The Balaban J connectivity index is 1.79. The summed E-state index contributed by atoms with van der Waals surface area (Å²) in [7, 11) is 0. The summed E-state index contributed by atoms with van der Waals surface area (Å²) in [5.74, 6) is 0.660. The Morgan fingerprint density at radius 2 is 2.00 bits per heavy atom. The second-order valence-electron chi connectivity index (χ2n) is 6.02. The van der Waals surface area contributed by atoms with Crippen molar-refractivity contribution in [1.29, 1.82) is 0 Å². The van der Waals surface area contributed by atoms with Gasteiger partial charge in [0, 0.05) is 43.5 Å². The second kappa shape index (κ2) is 7.23. The molecular formula is C16H22N6OS. The molecule has 2 aromatic rings. The van der Waals surface area contributed by atoms with Crippen molar-refractivity contribution in [3.8, 4) is 11.4 Å². The Hall–Kier alpha value is -2.06. The molecule has 1 amide bonds. The van der Waals surface area contributed by atoms with E-state index >= 15 is 0 Å². The molecule has 0 aliphatic carbocycles. The molecule has 128 valence electrons. The van der Waals surface area contributed by atoms with Gasteiger partial charge in [-0.05, 0) is 44.1 Å². The maximum absolute atomic E-state index is 11.3. The molecule has 7 nitrogen and oxygen atoms in total. The first kappa shape index (κ1) is 16.8. The highest BCUT2D eigenvalue weighted by molar-refractivity contribution is 7.71. The predicted molar refractivity (Wildman–Crippen MR) is 93.4 cm³/mol. The fraction of sp³-hybridized carbons (Fsp3) is 0.500. The van der Waals surface area contributed by atoms with E-state index in [0.717, 1.165) is 43.9 Å². The molecule has 3 rings (SSSR count). The molecule has 0 bridgehead atoms. The van der Waals surface area contributed by atoms with Crippen LogP contribution in [-0.4, -0.2) is 43.2 Å². The van der Waals surface area contributed by atoms with Crippen LogP contribution in [0.15, 0.2) is 24.5 Å². The third kappa shape index (κ3) is 3.39. The summed E-state index contributed by atoms with van der Waals surface area (Å²) in [6.45, 7) is 5.12. The zero-order chi connectivity index (χ0) is 17.1. The van der Waals surface area contributed by atoms with E-state index in [1.165, 1.54) is 0 Å². The zero-order valence-electron chi connectivity index (χ0n) is 13.8. The predicted octanol–water partition coefficient (Wildman–Crippen LogP) is 1.65. The molecule has 3 heterocycles. The van der Waals surface area contributed by atoms with Crippen LogP contribution in [0.4, 0.5) is 0 Å². The Bertz CT molecular complexity index is 761. The molecule has 8 heteroatoms. The highest BCUT2D eigenvalue weighted by atomic mass is 32.1. The molecular weight excluding hydrogens is 324 g/mol. The summed E-state index contributed by atoms with van der Waals surface area (Å²) in [5, 5.41) is 4.71. The van der Waals surface area contributed by atoms with E-state index in [4.69, 9.17) is 23.1 Å². The van der Waals surface area contributed by atoms with E-state index in [2.05, 4.69) is 16.8 Å². The number of primary amides is 1. The number of pyridine rings is 1. The number of hydrogen-bond donors (Lipinski definition) is 1. The normalized spacial score (nSPS) is 16.4. The number of nitrogens with zero attached hydrogens (tertiary/aromatic N) is 5. The smallest absolute Gasteiger partial charge is 0.220 e. The zero-order valence-corrected chi connectivity index (χ0v) is 14.6. The first-order chi connectivity index (χ1) is 11.6. The SMILES string of the molecule is CCn1c(-c2ccncc2)nn(CN2CCC(C(N)=O)CC2)c1=S. The Labute approximate surface area is 146 Å². The van der Waals surface area contributed by atoms with E-state index in [1.807, 2.05) is 21.4 Å². The van der Waals surface area contributed by atoms with Crippen LogP contribution in [0.3, 0.4) is 0 Å². The van der Waals surface area contributed by atoms with Crippen LogP contribution in [0.2, 0.25) is 0 Å². The van der Waals surface area contributed by atoms with Gasteiger partial charge in [-0.1, -0.05) is 0 Å². The van der Waals surface area contributed by atoms with Gasteiger partial charge in [-0.3, -0.25) is 14.7 Å². The van der Waals surface area contributed by atoms with Crippen molar-refractivity contribution in [1.82, 2.24) is 24.2 Å². The molecule has 1 aliphatic rings. The van der Waals surface area contributed by atoms with Crippen molar-refractivity contribution in [3.05, 3.63) is 29.3 Å². The van der Waals surface area contributed by atoms with Gasteiger partial charge in [-0.25, -0.2) is 4.68 Å². The van der Waals surface area contributed by atoms with Crippen molar-refractivity contribution in [2.75, 3.05) is 13.1 Å². The van der Waals surface area contributed by atoms with Gasteiger partial charge in [-0.15, -0.1) is 0 Å². The standard InChI is InChI=1S/C16H22N6OS/c1-2-21-15(13-3-7-18-8-4-13)19-22(16(21)24)11-20-9-5-12(6-10-20)14(17)23/h3-4,7-8,12H,2,5-6,9-11H2,1H3,(H2,17,23). The number of rotatable bonds is 5. The summed E-state index contributed by atoms with van der Waals surface area (Å²) in [6, 6.07) is 3.87. The van der Waals surface area contributed by atoms with Crippen molar-refractivity contribution >= 4 is 18.1 Å². The summed E-state index contributed by atoms with van der Waals surface area (Å²) in [6.07, 6.45) is 5.11. The number of carbonyl (C=O) groups excluding carboxylic acids is 1. The molecule has 1 saturated heterocycles. The first-order valence-electron chi connectivity index (χ1n) is 8.20. The van der Waals surface area contributed by atoms with Crippen LogP contribution in [0.25, 0.3) is 11.4 Å². The molecule has 0 radical (unpaired) electrons. The van der Waals surface area contributed by atoms with Gasteiger partial charge >= 0.3 is 0 Å². The molecule has 0 spiro atoms. The number of likely N-dealkylation sites (tertiary alicyclic amines) is 1. The molecule has 2 N–H and O–H groups in total. The van der Waals surface area contributed by atoms with Gasteiger partial charge < -0.3 is 10.3 Å². The Kier molecular flexibility index (Phi) is 5.06. The van der Waals surface area contributed by atoms with E-state index < -0.39 is 0 Å². The fourth-order valence-electron chi connectivity index (χ4n) is 3.08. The van der Waals surface area contributed by atoms with E-state index in [0.29, 0.717) is 11.4 Å². The van der Waals surface area contributed by atoms with Crippen LogP contribution in [0, 0.1) is 10.7 Å². The van der Waals surface area contributed by atoms with Crippen LogP contribution < -0.4 is 5.73 Å². The van der Waals surface area contributed by atoms with Gasteiger partial charge in [0.15, 0.2) is 10.6 Å². The minimum atomic E-state index is -0.193. The average molecular weight is 346 g/mol. The summed E-state index contributed by atoms with van der Waals surface area (Å²) in [5.41, 5.74) is 6.40. The van der Waals surface area contributed by atoms with E-state index in [1.54, 1.807) is 12.4 Å². The van der Waals surface area contributed by atoms with Crippen LogP contribution in [-0.2, 0) is 18.0 Å². The summed E-state index contributed by atoms with van der Waals surface area (Å²) < 4.78 is 4.60. The van der Waals surface area contributed by atoms with Crippen molar-refractivity contribution < 1.29 is 4.79 Å². The van der Waals surface area contributed by atoms with Gasteiger partial charge in [0.1, 0.15) is 0 Å². The summed E-state index contributed by atoms with van der Waals surface area (Å²) >= 11 is 5.59. The Morgan fingerprint density at radius 1 is 1.33 bits per heavy atom. The molecule has 0 saturated carbocycles. The molecule has 1 aliphatic heterocycles. The lowest BCUT2D eigenvalue weighted by atomic mass is 9.97. The monoisotopic (exact) mass is 346 g/mol. The van der Waals surface area contributed by atoms with Crippen molar-refractivity contribution in [2.45, 2.75) is 33.0 Å². The van der Waals surface area contributed by atoms with Crippen LogP contribution in [0.1, 0.15) is 19.8 Å². The van der Waals surface area contributed by atoms with Crippen molar-refractivity contribution in [3.63, 3.8) is 0 Å². The Morgan fingerprint density at radius 3 is 2.58 bits per heavy atom.